The van der Waals surface area contributed by atoms with E-state index in [9.17, 15) is 13.6 Å². The summed E-state index contributed by atoms with van der Waals surface area (Å²) in [5.74, 6) is -2.26. The van der Waals surface area contributed by atoms with Crippen LogP contribution in [0.2, 0.25) is 0 Å². The maximum absolute atomic E-state index is 13.4. The smallest absolute Gasteiger partial charge is 0.251 e. The van der Waals surface area contributed by atoms with Gasteiger partial charge in [0.05, 0.1) is 0 Å². The molecule has 1 aromatic carbocycles. The molecule has 0 aliphatic heterocycles. The number of benzene rings is 1. The van der Waals surface area contributed by atoms with E-state index in [4.69, 9.17) is 5.73 Å². The molecule has 110 valence electrons. The van der Waals surface area contributed by atoms with Gasteiger partial charge in [-0.25, -0.2) is 8.78 Å². The molecule has 0 spiro atoms. The molecular formula is C14H18F2N2OS. The topological polar surface area (TPSA) is 55.1 Å². The van der Waals surface area contributed by atoms with Gasteiger partial charge in [-0.05, 0) is 31.2 Å². The molecule has 2 rings (SSSR count). The summed E-state index contributed by atoms with van der Waals surface area (Å²) in [4.78, 5) is 12.1. The molecule has 3 nitrogen and oxygen atoms in total. The number of thioether (sulfide) groups is 1. The standard InChI is InChI=1S/C14H18F2N2OS/c1-20-12-5-3-2-4-11(12)18-14(19)8-6-9(15)13(17)10(16)7-8/h6-7,11-12H,2-5,17H2,1H3,(H,18,19). The highest BCUT2D eigenvalue weighted by molar-refractivity contribution is 7.99. The van der Waals surface area contributed by atoms with Crippen LogP contribution < -0.4 is 11.1 Å². The minimum atomic E-state index is -0.903. The lowest BCUT2D eigenvalue weighted by molar-refractivity contribution is 0.0928. The van der Waals surface area contributed by atoms with Gasteiger partial charge in [0.2, 0.25) is 0 Å². The van der Waals surface area contributed by atoms with E-state index in [-0.39, 0.29) is 11.6 Å². The van der Waals surface area contributed by atoms with E-state index < -0.39 is 23.2 Å². The lowest BCUT2D eigenvalue weighted by Crippen LogP contribution is -2.43. The van der Waals surface area contributed by atoms with Crippen molar-refractivity contribution in [1.82, 2.24) is 5.32 Å². The van der Waals surface area contributed by atoms with Crippen LogP contribution in [0.15, 0.2) is 12.1 Å². The normalized spacial score (nSPS) is 22.6. The third-order valence-electron chi connectivity index (χ3n) is 3.66. The Labute approximate surface area is 121 Å². The molecule has 0 heterocycles. The molecule has 1 aliphatic carbocycles. The zero-order valence-corrected chi connectivity index (χ0v) is 12.1. The van der Waals surface area contributed by atoms with Gasteiger partial charge in [-0.15, -0.1) is 0 Å². The third-order valence-corrected chi connectivity index (χ3v) is 4.83. The molecule has 1 saturated carbocycles. The minimum absolute atomic E-state index is 0.0281. The number of nitrogens with two attached hydrogens (primary N) is 1. The molecule has 20 heavy (non-hydrogen) atoms. The third kappa shape index (κ3) is 3.23. The van der Waals surface area contributed by atoms with Gasteiger partial charge in [0, 0.05) is 16.9 Å². The molecule has 1 fully saturated rings. The molecular weight excluding hydrogens is 282 g/mol. The number of nitrogen functional groups attached to an aromatic ring is 1. The number of anilines is 1. The zero-order valence-electron chi connectivity index (χ0n) is 11.3. The zero-order chi connectivity index (χ0) is 14.7. The molecule has 0 bridgehead atoms. The Kier molecular flexibility index (Phi) is 4.86. The van der Waals surface area contributed by atoms with Crippen LogP contribution in [0.4, 0.5) is 14.5 Å². The quantitative estimate of drug-likeness (QED) is 0.844. The number of hydrogen-bond donors (Lipinski definition) is 2. The van der Waals surface area contributed by atoms with E-state index in [1.807, 2.05) is 6.26 Å². The van der Waals surface area contributed by atoms with Crippen LogP contribution in [0.5, 0.6) is 0 Å². The predicted molar refractivity (Wildman–Crippen MR) is 77.8 cm³/mol. The van der Waals surface area contributed by atoms with Crippen LogP contribution in [0.3, 0.4) is 0 Å². The Bertz CT molecular complexity index is 487. The lowest BCUT2D eigenvalue weighted by atomic mass is 9.94. The fourth-order valence-corrected chi connectivity index (χ4v) is 3.45. The average molecular weight is 300 g/mol. The second-order valence-electron chi connectivity index (χ2n) is 4.99. The van der Waals surface area contributed by atoms with Gasteiger partial charge in [0.25, 0.3) is 5.91 Å². The SMILES string of the molecule is CSC1CCCCC1NC(=O)c1cc(F)c(N)c(F)c1. The first-order chi connectivity index (χ1) is 9.52. The predicted octanol–water partition coefficient (Wildman–Crippen LogP) is 2.95. The number of carbonyl (C=O) groups is 1. The van der Waals surface area contributed by atoms with Gasteiger partial charge >= 0.3 is 0 Å². The Balaban J connectivity index is 2.11. The van der Waals surface area contributed by atoms with E-state index in [2.05, 4.69) is 5.32 Å². The van der Waals surface area contributed by atoms with Crippen LogP contribution in [-0.4, -0.2) is 23.5 Å². The summed E-state index contributed by atoms with van der Waals surface area (Å²) in [6, 6.07) is 2.00. The summed E-state index contributed by atoms with van der Waals surface area (Å²) in [6.07, 6.45) is 6.18. The van der Waals surface area contributed by atoms with Gasteiger partial charge in [-0.3, -0.25) is 4.79 Å². The molecule has 3 N–H and O–H groups in total. The molecule has 6 heteroatoms. The van der Waals surface area contributed by atoms with Crippen molar-refractivity contribution < 1.29 is 13.6 Å². The molecule has 0 saturated heterocycles. The summed E-state index contributed by atoms with van der Waals surface area (Å²) in [5.41, 5.74) is 4.61. The number of halogens is 2. The van der Waals surface area contributed by atoms with Crippen LogP contribution in [-0.2, 0) is 0 Å². The molecule has 1 amide bonds. The van der Waals surface area contributed by atoms with Crippen molar-refractivity contribution in [2.75, 3.05) is 12.0 Å². The van der Waals surface area contributed by atoms with Crippen molar-refractivity contribution in [3.8, 4) is 0 Å². The highest BCUT2D eigenvalue weighted by Gasteiger charge is 2.26. The molecule has 2 atom stereocenters. The highest BCUT2D eigenvalue weighted by Crippen LogP contribution is 2.27. The summed E-state index contributed by atoms with van der Waals surface area (Å²) >= 11 is 1.72. The Morgan fingerprint density at radius 2 is 1.90 bits per heavy atom. The Hall–Kier alpha value is -1.30. The molecule has 2 unspecified atom stereocenters. The number of rotatable bonds is 3. The summed E-state index contributed by atoms with van der Waals surface area (Å²) in [6.45, 7) is 0. The highest BCUT2D eigenvalue weighted by atomic mass is 32.2. The fraction of sp³-hybridized carbons (Fsp3) is 0.500. The Morgan fingerprint density at radius 3 is 2.50 bits per heavy atom. The van der Waals surface area contributed by atoms with Crippen LogP contribution in [0, 0.1) is 11.6 Å². The first-order valence-corrected chi connectivity index (χ1v) is 7.90. The van der Waals surface area contributed by atoms with E-state index in [0.717, 1.165) is 37.8 Å². The monoisotopic (exact) mass is 300 g/mol. The number of nitrogens with one attached hydrogen (secondary N) is 1. The molecule has 1 aliphatic rings. The van der Waals surface area contributed by atoms with Gasteiger partial charge in [0.15, 0.2) is 0 Å². The van der Waals surface area contributed by atoms with Crippen LogP contribution in [0.25, 0.3) is 0 Å². The number of amides is 1. The largest absolute Gasteiger partial charge is 0.394 e. The number of hydrogen-bond acceptors (Lipinski definition) is 3. The van der Waals surface area contributed by atoms with Crippen LogP contribution >= 0.6 is 11.8 Å². The maximum Gasteiger partial charge on any atom is 0.251 e. The van der Waals surface area contributed by atoms with Gasteiger partial charge in [-0.1, -0.05) is 12.8 Å². The Morgan fingerprint density at radius 1 is 1.30 bits per heavy atom. The summed E-state index contributed by atoms with van der Waals surface area (Å²) in [5, 5.41) is 3.23. The van der Waals surface area contributed by atoms with E-state index in [1.54, 1.807) is 11.8 Å². The molecule has 0 radical (unpaired) electrons. The molecule has 0 aromatic heterocycles. The van der Waals surface area contributed by atoms with E-state index in [1.165, 1.54) is 0 Å². The molecule has 1 aromatic rings. The van der Waals surface area contributed by atoms with Crippen LogP contribution in [0.1, 0.15) is 36.0 Å². The minimum Gasteiger partial charge on any atom is -0.394 e. The maximum atomic E-state index is 13.4. The first-order valence-electron chi connectivity index (χ1n) is 6.61. The number of carbonyl (C=O) groups excluding carboxylic acids is 1. The average Bonchev–Trinajstić information content (AvgIpc) is 2.44. The summed E-state index contributed by atoms with van der Waals surface area (Å²) < 4.78 is 26.7. The van der Waals surface area contributed by atoms with Gasteiger partial charge < -0.3 is 11.1 Å². The van der Waals surface area contributed by atoms with Gasteiger partial charge in [0.1, 0.15) is 17.3 Å². The fourth-order valence-electron chi connectivity index (χ4n) is 2.51. The lowest BCUT2D eigenvalue weighted by Gasteiger charge is -2.31. The van der Waals surface area contributed by atoms with E-state index >= 15 is 0 Å². The van der Waals surface area contributed by atoms with Crippen molar-refractivity contribution in [2.45, 2.75) is 37.0 Å². The first kappa shape index (κ1) is 15.1. The van der Waals surface area contributed by atoms with Crippen molar-refractivity contribution in [3.05, 3.63) is 29.3 Å². The van der Waals surface area contributed by atoms with Crippen molar-refractivity contribution in [1.29, 1.82) is 0 Å². The van der Waals surface area contributed by atoms with Crippen molar-refractivity contribution in [2.24, 2.45) is 0 Å². The van der Waals surface area contributed by atoms with Gasteiger partial charge in [-0.2, -0.15) is 11.8 Å². The van der Waals surface area contributed by atoms with Crippen molar-refractivity contribution >= 4 is 23.4 Å². The van der Waals surface area contributed by atoms with E-state index in [0.29, 0.717) is 5.25 Å². The van der Waals surface area contributed by atoms with Crippen molar-refractivity contribution in [3.63, 3.8) is 0 Å². The summed E-state index contributed by atoms with van der Waals surface area (Å²) in [7, 11) is 0. The second-order valence-corrected chi connectivity index (χ2v) is 6.07. The second kappa shape index (κ2) is 6.43.